The molecule has 0 saturated heterocycles. The highest BCUT2D eigenvalue weighted by Crippen LogP contribution is 2.24. The smallest absolute Gasteiger partial charge is 0.271 e. The van der Waals surface area contributed by atoms with Crippen LogP contribution in [0.2, 0.25) is 5.02 Å². The molecule has 4 aromatic rings. The molecule has 0 aliphatic heterocycles. The van der Waals surface area contributed by atoms with E-state index in [1.54, 1.807) is 34.5 Å². The summed E-state index contributed by atoms with van der Waals surface area (Å²) in [6, 6.07) is 10.7. The molecule has 0 aliphatic rings. The summed E-state index contributed by atoms with van der Waals surface area (Å²) in [4.78, 5) is 16.8. The van der Waals surface area contributed by atoms with Crippen LogP contribution in [0, 0.1) is 11.3 Å². The van der Waals surface area contributed by atoms with Crippen LogP contribution in [0.4, 0.5) is 0 Å². The van der Waals surface area contributed by atoms with Gasteiger partial charge in [0.1, 0.15) is 16.8 Å². The maximum Gasteiger partial charge on any atom is 0.271 e. The maximum atomic E-state index is 12.5. The zero-order valence-corrected chi connectivity index (χ0v) is 17.4. The quantitative estimate of drug-likeness (QED) is 0.477. The van der Waals surface area contributed by atoms with Gasteiger partial charge in [-0.05, 0) is 31.2 Å². The third-order valence-corrected chi connectivity index (χ3v) is 5.52. The number of carbonyl (C=O) groups is 1. The SMILES string of the molecule is C[C@@H](Cn1ccc(-c2ccc(C#N)c(Cl)c2)n1)NC(=O)c1csc(-c2ccn[nH]2)n1. The summed E-state index contributed by atoms with van der Waals surface area (Å²) < 4.78 is 1.75. The number of aromatic nitrogens is 5. The Morgan fingerprint density at radius 3 is 3.00 bits per heavy atom. The number of nitrogens with one attached hydrogen (secondary N) is 2. The van der Waals surface area contributed by atoms with Crippen LogP contribution < -0.4 is 5.32 Å². The van der Waals surface area contributed by atoms with Gasteiger partial charge in [0.05, 0.1) is 28.5 Å². The van der Waals surface area contributed by atoms with E-state index in [-0.39, 0.29) is 11.9 Å². The first kappa shape index (κ1) is 19.8. The zero-order valence-electron chi connectivity index (χ0n) is 15.8. The van der Waals surface area contributed by atoms with E-state index in [0.717, 1.165) is 17.0 Å². The molecule has 1 amide bonds. The summed E-state index contributed by atoms with van der Waals surface area (Å²) in [5.41, 5.74) is 3.13. The van der Waals surface area contributed by atoms with Gasteiger partial charge in [0.2, 0.25) is 0 Å². The number of H-pyrrole nitrogens is 1. The molecule has 0 bridgehead atoms. The van der Waals surface area contributed by atoms with Crippen LogP contribution >= 0.6 is 22.9 Å². The summed E-state index contributed by atoms with van der Waals surface area (Å²) in [6.07, 6.45) is 3.48. The first-order chi connectivity index (χ1) is 14.5. The Kier molecular flexibility index (Phi) is 5.61. The fraction of sp³-hybridized carbons (Fsp3) is 0.150. The van der Waals surface area contributed by atoms with Crippen molar-refractivity contribution in [1.29, 1.82) is 5.26 Å². The molecule has 0 spiro atoms. The number of nitriles is 1. The van der Waals surface area contributed by atoms with Crippen molar-refractivity contribution in [3.8, 4) is 28.0 Å². The van der Waals surface area contributed by atoms with Gasteiger partial charge in [-0.15, -0.1) is 11.3 Å². The first-order valence-corrected chi connectivity index (χ1v) is 10.3. The van der Waals surface area contributed by atoms with Gasteiger partial charge in [-0.1, -0.05) is 17.7 Å². The third kappa shape index (κ3) is 4.25. The maximum absolute atomic E-state index is 12.5. The fourth-order valence-corrected chi connectivity index (χ4v) is 3.88. The number of nitrogens with zero attached hydrogens (tertiary/aromatic N) is 5. The number of benzene rings is 1. The lowest BCUT2D eigenvalue weighted by Gasteiger charge is -2.13. The topological polar surface area (TPSA) is 112 Å². The highest BCUT2D eigenvalue weighted by Gasteiger charge is 2.15. The lowest BCUT2D eigenvalue weighted by molar-refractivity contribution is 0.0931. The molecule has 1 aromatic carbocycles. The van der Waals surface area contributed by atoms with Crippen LogP contribution in [-0.4, -0.2) is 36.9 Å². The van der Waals surface area contributed by atoms with Crippen molar-refractivity contribution in [2.24, 2.45) is 0 Å². The molecular formula is C20H16ClN7OS. The van der Waals surface area contributed by atoms with Gasteiger partial charge in [-0.25, -0.2) is 4.98 Å². The number of halogens is 1. The normalized spacial score (nSPS) is 11.8. The molecule has 4 rings (SSSR count). The zero-order chi connectivity index (χ0) is 21.1. The van der Waals surface area contributed by atoms with Crippen LogP contribution in [0.5, 0.6) is 0 Å². The minimum absolute atomic E-state index is 0.160. The van der Waals surface area contributed by atoms with Gasteiger partial charge in [0.25, 0.3) is 5.91 Å². The van der Waals surface area contributed by atoms with E-state index in [2.05, 4.69) is 25.6 Å². The van der Waals surface area contributed by atoms with E-state index in [0.29, 0.717) is 27.8 Å². The lowest BCUT2D eigenvalue weighted by atomic mass is 10.1. The molecule has 3 heterocycles. The molecule has 0 unspecified atom stereocenters. The molecule has 8 nitrogen and oxygen atoms in total. The lowest BCUT2D eigenvalue weighted by Crippen LogP contribution is -2.36. The van der Waals surface area contributed by atoms with E-state index in [9.17, 15) is 4.79 Å². The van der Waals surface area contributed by atoms with Gasteiger partial charge in [0.15, 0.2) is 0 Å². The van der Waals surface area contributed by atoms with Crippen LogP contribution in [0.25, 0.3) is 22.0 Å². The molecule has 1 atom stereocenters. The predicted molar refractivity (Wildman–Crippen MR) is 114 cm³/mol. The minimum Gasteiger partial charge on any atom is -0.346 e. The first-order valence-electron chi connectivity index (χ1n) is 9.03. The van der Waals surface area contributed by atoms with Crippen molar-refractivity contribution in [2.45, 2.75) is 19.5 Å². The summed E-state index contributed by atoms with van der Waals surface area (Å²) in [7, 11) is 0. The highest BCUT2D eigenvalue weighted by molar-refractivity contribution is 7.13. The van der Waals surface area contributed by atoms with E-state index >= 15 is 0 Å². The Hall–Kier alpha value is -3.48. The molecule has 3 aromatic heterocycles. The second-order valence-corrected chi connectivity index (χ2v) is 7.88. The number of amides is 1. The van der Waals surface area contributed by atoms with Crippen molar-refractivity contribution < 1.29 is 4.79 Å². The van der Waals surface area contributed by atoms with Crippen molar-refractivity contribution in [1.82, 2.24) is 30.3 Å². The third-order valence-electron chi connectivity index (χ3n) is 4.33. The summed E-state index contributed by atoms with van der Waals surface area (Å²) in [6.45, 7) is 2.40. The molecule has 0 radical (unpaired) electrons. The average molecular weight is 438 g/mol. The Balaban J connectivity index is 1.39. The largest absolute Gasteiger partial charge is 0.346 e. The highest BCUT2D eigenvalue weighted by atomic mass is 35.5. The predicted octanol–water partition coefficient (Wildman–Crippen LogP) is 3.74. The van der Waals surface area contributed by atoms with Crippen molar-refractivity contribution >= 4 is 28.8 Å². The van der Waals surface area contributed by atoms with Crippen molar-refractivity contribution in [2.75, 3.05) is 0 Å². The van der Waals surface area contributed by atoms with E-state index < -0.39 is 0 Å². The summed E-state index contributed by atoms with van der Waals surface area (Å²) >= 11 is 7.48. The second kappa shape index (κ2) is 8.49. The number of rotatable bonds is 6. The molecule has 0 fully saturated rings. The molecule has 0 aliphatic carbocycles. The number of carbonyl (C=O) groups excluding carboxylic acids is 1. The van der Waals surface area contributed by atoms with Gasteiger partial charge in [0, 0.05) is 29.4 Å². The van der Waals surface area contributed by atoms with E-state index in [4.69, 9.17) is 16.9 Å². The molecule has 10 heteroatoms. The monoisotopic (exact) mass is 437 g/mol. The fourth-order valence-electron chi connectivity index (χ4n) is 2.88. The summed E-state index contributed by atoms with van der Waals surface area (Å²) in [5, 5.41) is 26.0. The summed E-state index contributed by atoms with van der Waals surface area (Å²) in [5.74, 6) is -0.240. The number of hydrogen-bond acceptors (Lipinski definition) is 6. The molecule has 150 valence electrons. The number of hydrogen-bond donors (Lipinski definition) is 2. The van der Waals surface area contributed by atoms with Crippen LogP contribution in [0.3, 0.4) is 0 Å². The molecule has 0 saturated carbocycles. The molecular weight excluding hydrogens is 422 g/mol. The Labute approximate surface area is 181 Å². The molecule has 30 heavy (non-hydrogen) atoms. The second-order valence-electron chi connectivity index (χ2n) is 6.61. The van der Waals surface area contributed by atoms with Gasteiger partial charge in [-0.3, -0.25) is 14.6 Å². The standard InChI is InChI=1S/C20H16ClN7OS/c1-12(24-19(29)18-11-30-20(25-18)17-4-6-23-26-17)10-28-7-5-16(27-28)13-2-3-14(9-22)15(21)8-13/h2-8,11-12H,10H2,1H3,(H,23,26)(H,24,29)/t12-/m0/s1. The molecule has 2 N–H and O–H groups in total. The van der Waals surface area contributed by atoms with E-state index in [1.165, 1.54) is 11.3 Å². The Morgan fingerprint density at radius 2 is 2.27 bits per heavy atom. The Morgan fingerprint density at radius 1 is 1.40 bits per heavy atom. The van der Waals surface area contributed by atoms with Crippen LogP contribution in [0.1, 0.15) is 23.0 Å². The van der Waals surface area contributed by atoms with Gasteiger partial charge >= 0.3 is 0 Å². The minimum atomic E-state index is -0.240. The average Bonchev–Trinajstić information content (AvgIpc) is 3.48. The van der Waals surface area contributed by atoms with E-state index in [1.807, 2.05) is 31.3 Å². The Bertz CT molecular complexity index is 1220. The van der Waals surface area contributed by atoms with Gasteiger partial charge < -0.3 is 5.32 Å². The number of thiazole rings is 1. The van der Waals surface area contributed by atoms with Crippen LogP contribution in [0.15, 0.2) is 48.1 Å². The van der Waals surface area contributed by atoms with Crippen LogP contribution in [-0.2, 0) is 6.54 Å². The van der Waals surface area contributed by atoms with Crippen molar-refractivity contribution in [3.05, 3.63) is 64.4 Å². The van der Waals surface area contributed by atoms with Gasteiger partial charge in [-0.2, -0.15) is 15.5 Å². The van der Waals surface area contributed by atoms with Crippen molar-refractivity contribution in [3.63, 3.8) is 0 Å². The number of aromatic amines is 1.